The van der Waals surface area contributed by atoms with E-state index in [1.807, 2.05) is 67.6 Å². The minimum Gasteiger partial charge on any atom is -0.493 e. The first kappa shape index (κ1) is 23.4. The second-order valence-corrected chi connectivity index (χ2v) is 8.49. The van der Waals surface area contributed by atoms with Crippen molar-refractivity contribution in [2.24, 2.45) is 5.10 Å². The average molecular weight is 475 g/mol. The van der Waals surface area contributed by atoms with Crippen LogP contribution in [0, 0.1) is 0 Å². The first-order valence-electron chi connectivity index (χ1n) is 10.8. The number of carbonyl (C=O) groups excluding carboxylic acids is 1. The molecule has 174 valence electrons. The van der Waals surface area contributed by atoms with Gasteiger partial charge < -0.3 is 14.0 Å². The molecule has 4 aromatic rings. The van der Waals surface area contributed by atoms with Crippen LogP contribution in [0.1, 0.15) is 18.1 Å². The van der Waals surface area contributed by atoms with Crippen LogP contribution in [0.15, 0.2) is 83.1 Å². The summed E-state index contributed by atoms with van der Waals surface area (Å²) in [5.41, 5.74) is 7.25. The molecule has 0 fully saturated rings. The number of hydrogen-bond donors (Lipinski definition) is 1. The molecule has 8 heteroatoms. The Labute approximate surface area is 202 Å². The van der Waals surface area contributed by atoms with Gasteiger partial charge in [0.25, 0.3) is 5.91 Å². The molecular formula is C26H26N4O3S. The third-order valence-electron chi connectivity index (χ3n) is 5.29. The van der Waals surface area contributed by atoms with Crippen LogP contribution in [0.5, 0.6) is 11.5 Å². The standard InChI is InChI=1S/C26H26N4O3S/c1-18(20-13-14-23(32-2)24(15-20)33-3)28-29-25(31)17-34-26-27-21-11-7-8-12-22(21)30(26)16-19-9-5-4-6-10-19/h4-15H,16-17H2,1-3H3,(H,29,31)/b28-18-. The van der Waals surface area contributed by atoms with Gasteiger partial charge in [-0.3, -0.25) is 4.79 Å². The number of nitrogens with zero attached hydrogens (tertiary/aromatic N) is 3. The van der Waals surface area contributed by atoms with Gasteiger partial charge in [0.05, 0.1) is 43.3 Å². The lowest BCUT2D eigenvalue weighted by Gasteiger charge is -2.10. The number of nitrogens with one attached hydrogen (secondary N) is 1. The third-order valence-corrected chi connectivity index (χ3v) is 6.26. The van der Waals surface area contributed by atoms with Gasteiger partial charge in [0.2, 0.25) is 0 Å². The molecule has 1 amide bonds. The van der Waals surface area contributed by atoms with Gasteiger partial charge >= 0.3 is 0 Å². The van der Waals surface area contributed by atoms with Crippen molar-refractivity contribution in [3.63, 3.8) is 0 Å². The molecule has 0 saturated heterocycles. The summed E-state index contributed by atoms with van der Waals surface area (Å²) < 4.78 is 12.7. The molecular weight excluding hydrogens is 448 g/mol. The summed E-state index contributed by atoms with van der Waals surface area (Å²) in [5.74, 6) is 1.23. The Bertz CT molecular complexity index is 1320. The van der Waals surface area contributed by atoms with Crippen molar-refractivity contribution in [3.8, 4) is 11.5 Å². The first-order valence-corrected chi connectivity index (χ1v) is 11.7. The Kier molecular flexibility index (Phi) is 7.49. The lowest BCUT2D eigenvalue weighted by molar-refractivity contribution is -0.118. The summed E-state index contributed by atoms with van der Waals surface area (Å²) >= 11 is 1.39. The van der Waals surface area contributed by atoms with Crippen LogP contribution in [0.25, 0.3) is 11.0 Å². The number of hydrazone groups is 1. The highest BCUT2D eigenvalue weighted by molar-refractivity contribution is 7.99. The molecule has 0 bridgehead atoms. The molecule has 0 unspecified atom stereocenters. The zero-order chi connectivity index (χ0) is 23.9. The van der Waals surface area contributed by atoms with E-state index in [0.29, 0.717) is 23.8 Å². The van der Waals surface area contributed by atoms with E-state index < -0.39 is 0 Å². The fourth-order valence-electron chi connectivity index (χ4n) is 3.52. The fraction of sp³-hybridized carbons (Fsp3) is 0.192. The van der Waals surface area contributed by atoms with E-state index in [9.17, 15) is 4.79 Å². The molecule has 4 rings (SSSR count). The Morgan fingerprint density at radius 3 is 2.50 bits per heavy atom. The van der Waals surface area contributed by atoms with Crippen molar-refractivity contribution in [2.45, 2.75) is 18.6 Å². The minimum atomic E-state index is -0.205. The number of benzene rings is 3. The normalized spacial score (nSPS) is 11.4. The maximum atomic E-state index is 12.5. The van der Waals surface area contributed by atoms with Crippen LogP contribution >= 0.6 is 11.8 Å². The van der Waals surface area contributed by atoms with Crippen molar-refractivity contribution in [1.29, 1.82) is 0 Å². The number of para-hydroxylation sites is 2. The van der Waals surface area contributed by atoms with E-state index >= 15 is 0 Å². The summed E-state index contributed by atoms with van der Waals surface area (Å²) in [5, 5.41) is 5.04. The summed E-state index contributed by atoms with van der Waals surface area (Å²) in [6, 6.07) is 23.7. The highest BCUT2D eigenvalue weighted by atomic mass is 32.2. The fourth-order valence-corrected chi connectivity index (χ4v) is 4.32. The van der Waals surface area contributed by atoms with Crippen LogP contribution in [0.2, 0.25) is 0 Å². The summed E-state index contributed by atoms with van der Waals surface area (Å²) in [4.78, 5) is 17.3. The number of methoxy groups -OCH3 is 2. The number of imidazole rings is 1. The molecule has 34 heavy (non-hydrogen) atoms. The second kappa shape index (κ2) is 10.9. The van der Waals surface area contributed by atoms with Crippen molar-refractivity contribution < 1.29 is 14.3 Å². The summed E-state index contributed by atoms with van der Waals surface area (Å²) in [6.07, 6.45) is 0. The van der Waals surface area contributed by atoms with E-state index in [-0.39, 0.29) is 11.7 Å². The molecule has 0 aliphatic rings. The topological polar surface area (TPSA) is 77.7 Å². The summed E-state index contributed by atoms with van der Waals surface area (Å²) in [6.45, 7) is 2.51. The lowest BCUT2D eigenvalue weighted by atomic mass is 10.1. The van der Waals surface area contributed by atoms with Crippen LogP contribution in [0.3, 0.4) is 0 Å². The molecule has 7 nitrogen and oxygen atoms in total. The van der Waals surface area contributed by atoms with Gasteiger partial charge in [0.1, 0.15) is 0 Å². The lowest BCUT2D eigenvalue weighted by Crippen LogP contribution is -2.21. The van der Waals surface area contributed by atoms with E-state index in [2.05, 4.69) is 27.2 Å². The van der Waals surface area contributed by atoms with E-state index in [1.165, 1.54) is 17.3 Å². The van der Waals surface area contributed by atoms with Gasteiger partial charge in [0.15, 0.2) is 16.7 Å². The van der Waals surface area contributed by atoms with Gasteiger partial charge in [0, 0.05) is 5.56 Å². The third kappa shape index (κ3) is 5.40. The maximum absolute atomic E-state index is 12.5. The molecule has 0 saturated carbocycles. The van der Waals surface area contributed by atoms with E-state index in [4.69, 9.17) is 14.5 Å². The number of thioether (sulfide) groups is 1. The van der Waals surface area contributed by atoms with Gasteiger partial charge in [-0.1, -0.05) is 54.2 Å². The molecule has 1 heterocycles. The van der Waals surface area contributed by atoms with Crippen LogP contribution in [0.4, 0.5) is 0 Å². The summed E-state index contributed by atoms with van der Waals surface area (Å²) in [7, 11) is 3.17. The Morgan fingerprint density at radius 1 is 1.00 bits per heavy atom. The molecule has 0 atom stereocenters. The zero-order valence-corrected chi connectivity index (χ0v) is 20.1. The molecule has 0 radical (unpaired) electrons. The number of hydrogen-bond acceptors (Lipinski definition) is 6. The van der Waals surface area contributed by atoms with Gasteiger partial charge in [-0.2, -0.15) is 5.10 Å². The smallest absolute Gasteiger partial charge is 0.250 e. The molecule has 0 spiro atoms. The Hall–Kier alpha value is -3.78. The molecule has 1 aromatic heterocycles. The van der Waals surface area contributed by atoms with E-state index in [0.717, 1.165) is 21.8 Å². The van der Waals surface area contributed by atoms with Crippen LogP contribution in [-0.2, 0) is 11.3 Å². The Balaban J connectivity index is 1.45. The molecule has 1 N–H and O–H groups in total. The molecule has 0 aliphatic heterocycles. The van der Waals surface area contributed by atoms with Gasteiger partial charge in [-0.05, 0) is 42.8 Å². The number of rotatable bonds is 9. The van der Waals surface area contributed by atoms with Crippen molar-refractivity contribution >= 4 is 34.4 Å². The monoisotopic (exact) mass is 474 g/mol. The van der Waals surface area contributed by atoms with Crippen molar-refractivity contribution in [3.05, 3.63) is 83.9 Å². The van der Waals surface area contributed by atoms with Crippen LogP contribution < -0.4 is 14.9 Å². The molecule has 3 aromatic carbocycles. The van der Waals surface area contributed by atoms with Crippen molar-refractivity contribution in [2.75, 3.05) is 20.0 Å². The van der Waals surface area contributed by atoms with E-state index in [1.54, 1.807) is 14.2 Å². The van der Waals surface area contributed by atoms with Gasteiger partial charge in [-0.15, -0.1) is 0 Å². The highest BCUT2D eigenvalue weighted by Gasteiger charge is 2.13. The number of fused-ring (bicyclic) bond motifs is 1. The van der Waals surface area contributed by atoms with Gasteiger partial charge in [-0.25, -0.2) is 10.4 Å². The number of carbonyl (C=O) groups is 1. The number of aromatic nitrogens is 2. The van der Waals surface area contributed by atoms with Crippen molar-refractivity contribution in [1.82, 2.24) is 15.0 Å². The first-order chi connectivity index (χ1) is 16.6. The predicted octanol–water partition coefficient (Wildman–Crippen LogP) is 4.73. The minimum absolute atomic E-state index is 0.195. The maximum Gasteiger partial charge on any atom is 0.250 e. The average Bonchev–Trinajstić information content (AvgIpc) is 3.23. The Morgan fingerprint density at radius 2 is 1.74 bits per heavy atom. The largest absolute Gasteiger partial charge is 0.493 e. The number of amides is 1. The quantitative estimate of drug-likeness (QED) is 0.216. The predicted molar refractivity (Wildman–Crippen MR) is 136 cm³/mol. The van der Waals surface area contributed by atoms with Crippen LogP contribution in [-0.4, -0.2) is 41.1 Å². The second-order valence-electron chi connectivity index (χ2n) is 7.55. The number of ether oxygens (including phenoxy) is 2. The zero-order valence-electron chi connectivity index (χ0n) is 19.3. The molecule has 0 aliphatic carbocycles. The highest BCUT2D eigenvalue weighted by Crippen LogP contribution is 2.28. The SMILES string of the molecule is COc1ccc(/C(C)=N\NC(=O)CSc2nc3ccccc3n2Cc2ccccc2)cc1OC.